The van der Waals surface area contributed by atoms with Crippen molar-refractivity contribution in [1.29, 1.82) is 0 Å². The molecule has 0 aliphatic rings. The van der Waals surface area contributed by atoms with Crippen molar-refractivity contribution in [3.8, 4) is 11.8 Å². The van der Waals surface area contributed by atoms with Gasteiger partial charge in [-0.05, 0) is 24.3 Å². The Hall–Kier alpha value is -2.71. The van der Waals surface area contributed by atoms with E-state index in [4.69, 9.17) is 5.73 Å². The Labute approximate surface area is 110 Å². The van der Waals surface area contributed by atoms with Crippen LogP contribution in [-0.4, -0.2) is 22.4 Å². The second kappa shape index (κ2) is 6.28. The molecule has 0 fully saturated rings. The van der Waals surface area contributed by atoms with E-state index in [9.17, 15) is 4.79 Å². The number of rotatable bonds is 2. The van der Waals surface area contributed by atoms with E-state index in [1.807, 2.05) is 0 Å². The van der Waals surface area contributed by atoms with Crippen LogP contribution in [0.2, 0.25) is 0 Å². The van der Waals surface area contributed by atoms with Crippen molar-refractivity contribution >= 4 is 11.7 Å². The third-order valence-electron chi connectivity index (χ3n) is 2.25. The van der Waals surface area contributed by atoms with Crippen molar-refractivity contribution in [2.24, 2.45) is 5.73 Å². The number of amides is 1. The molecule has 0 atom stereocenters. The third kappa shape index (κ3) is 3.37. The molecule has 0 saturated carbocycles. The van der Waals surface area contributed by atoms with Crippen LogP contribution in [-0.2, 0) is 0 Å². The van der Waals surface area contributed by atoms with E-state index < -0.39 is 0 Å². The maximum Gasteiger partial charge on any atom is 0.276 e. The summed E-state index contributed by atoms with van der Waals surface area (Å²) < 4.78 is 0. The zero-order chi connectivity index (χ0) is 13.5. The Morgan fingerprint density at radius 3 is 2.79 bits per heavy atom. The standard InChI is InChI=1S/C14H12N4O/c15-8-3-5-11-6-4-10-17-13(11)14(19)18-12-7-1-2-9-16-12/h1-2,4,6-7,9-10H,8,15H2,(H,16,18,19). The molecular formula is C14H12N4O. The molecule has 0 bridgehead atoms. The predicted octanol–water partition coefficient (Wildman–Crippen LogP) is 1.04. The van der Waals surface area contributed by atoms with E-state index in [2.05, 4.69) is 27.1 Å². The first-order valence-electron chi connectivity index (χ1n) is 5.67. The monoisotopic (exact) mass is 252 g/mol. The molecule has 2 rings (SSSR count). The van der Waals surface area contributed by atoms with E-state index in [0.717, 1.165) is 0 Å². The summed E-state index contributed by atoms with van der Waals surface area (Å²) in [6.45, 7) is 0.232. The van der Waals surface area contributed by atoms with Gasteiger partial charge in [-0.25, -0.2) is 9.97 Å². The minimum Gasteiger partial charge on any atom is -0.320 e. The molecule has 2 heterocycles. The first-order chi connectivity index (χ1) is 9.31. The van der Waals surface area contributed by atoms with Crippen molar-refractivity contribution in [2.45, 2.75) is 0 Å². The first kappa shape index (κ1) is 12.7. The topological polar surface area (TPSA) is 80.9 Å². The van der Waals surface area contributed by atoms with Gasteiger partial charge in [-0.3, -0.25) is 4.79 Å². The van der Waals surface area contributed by atoms with Crippen molar-refractivity contribution in [3.05, 3.63) is 54.0 Å². The normalized spacial score (nSPS) is 9.32. The molecule has 0 aliphatic heterocycles. The molecule has 3 N–H and O–H groups in total. The molecule has 2 aromatic rings. The number of hydrogen-bond acceptors (Lipinski definition) is 4. The number of nitrogens with one attached hydrogen (secondary N) is 1. The van der Waals surface area contributed by atoms with E-state index in [1.165, 1.54) is 0 Å². The van der Waals surface area contributed by atoms with E-state index in [1.54, 1.807) is 42.7 Å². The van der Waals surface area contributed by atoms with E-state index in [0.29, 0.717) is 11.4 Å². The fourth-order valence-corrected chi connectivity index (χ4v) is 1.45. The Kier molecular flexibility index (Phi) is 4.21. The lowest BCUT2D eigenvalue weighted by Gasteiger charge is -2.04. The highest BCUT2D eigenvalue weighted by Crippen LogP contribution is 2.07. The van der Waals surface area contributed by atoms with Crippen LogP contribution in [0.25, 0.3) is 0 Å². The molecule has 19 heavy (non-hydrogen) atoms. The van der Waals surface area contributed by atoms with Crippen LogP contribution in [0, 0.1) is 11.8 Å². The highest BCUT2D eigenvalue weighted by molar-refractivity contribution is 6.03. The van der Waals surface area contributed by atoms with Gasteiger partial charge in [0.25, 0.3) is 5.91 Å². The van der Waals surface area contributed by atoms with Crippen LogP contribution in [0.5, 0.6) is 0 Å². The van der Waals surface area contributed by atoms with Gasteiger partial charge in [-0.1, -0.05) is 17.9 Å². The second-order valence-corrected chi connectivity index (χ2v) is 3.57. The van der Waals surface area contributed by atoms with E-state index in [-0.39, 0.29) is 18.1 Å². The minimum absolute atomic E-state index is 0.232. The minimum atomic E-state index is -0.347. The average Bonchev–Trinajstić information content (AvgIpc) is 2.46. The first-order valence-corrected chi connectivity index (χ1v) is 5.67. The summed E-state index contributed by atoms with van der Waals surface area (Å²) in [5.74, 6) is 5.65. The van der Waals surface area contributed by atoms with Crippen molar-refractivity contribution in [3.63, 3.8) is 0 Å². The number of anilines is 1. The quantitative estimate of drug-likeness (QED) is 0.782. The summed E-state index contributed by atoms with van der Waals surface area (Å²) in [5, 5.41) is 2.66. The largest absolute Gasteiger partial charge is 0.320 e. The summed E-state index contributed by atoms with van der Waals surface area (Å²) in [6, 6.07) is 8.71. The second-order valence-electron chi connectivity index (χ2n) is 3.57. The Balaban J connectivity index is 2.24. The Morgan fingerprint density at radius 1 is 1.21 bits per heavy atom. The molecule has 94 valence electrons. The highest BCUT2D eigenvalue weighted by Gasteiger charge is 2.11. The van der Waals surface area contributed by atoms with Gasteiger partial charge < -0.3 is 11.1 Å². The van der Waals surface area contributed by atoms with Crippen molar-refractivity contribution in [2.75, 3.05) is 11.9 Å². The van der Waals surface area contributed by atoms with Crippen molar-refractivity contribution in [1.82, 2.24) is 9.97 Å². The van der Waals surface area contributed by atoms with Gasteiger partial charge in [0.15, 0.2) is 0 Å². The van der Waals surface area contributed by atoms with Gasteiger partial charge in [0, 0.05) is 12.4 Å². The fourth-order valence-electron chi connectivity index (χ4n) is 1.45. The van der Waals surface area contributed by atoms with Gasteiger partial charge in [-0.15, -0.1) is 0 Å². The maximum absolute atomic E-state index is 12.1. The summed E-state index contributed by atoms with van der Waals surface area (Å²) in [4.78, 5) is 20.2. The zero-order valence-corrected chi connectivity index (χ0v) is 10.1. The van der Waals surface area contributed by atoms with Crippen LogP contribution >= 0.6 is 0 Å². The summed E-state index contributed by atoms with van der Waals surface area (Å²) in [5.41, 5.74) is 6.12. The molecule has 0 aliphatic carbocycles. The van der Waals surface area contributed by atoms with Crippen LogP contribution in [0.4, 0.5) is 5.82 Å². The van der Waals surface area contributed by atoms with Gasteiger partial charge in [0.05, 0.1) is 12.1 Å². The molecular weight excluding hydrogens is 240 g/mol. The summed E-state index contributed by atoms with van der Waals surface area (Å²) in [7, 11) is 0. The van der Waals surface area contributed by atoms with Crippen LogP contribution in [0.15, 0.2) is 42.7 Å². The molecule has 1 amide bonds. The summed E-state index contributed by atoms with van der Waals surface area (Å²) >= 11 is 0. The lowest BCUT2D eigenvalue weighted by molar-refractivity contribution is 0.102. The van der Waals surface area contributed by atoms with Gasteiger partial charge in [0.2, 0.25) is 0 Å². The predicted molar refractivity (Wildman–Crippen MR) is 72.4 cm³/mol. The van der Waals surface area contributed by atoms with Gasteiger partial charge >= 0.3 is 0 Å². The number of nitrogens with two attached hydrogens (primary N) is 1. The number of carbonyl (C=O) groups excluding carboxylic acids is 1. The van der Waals surface area contributed by atoms with Gasteiger partial charge in [-0.2, -0.15) is 0 Å². The molecule has 2 aromatic heterocycles. The fraction of sp³-hybridized carbons (Fsp3) is 0.0714. The number of hydrogen-bond donors (Lipinski definition) is 2. The number of carbonyl (C=O) groups is 1. The Morgan fingerprint density at radius 2 is 2.05 bits per heavy atom. The highest BCUT2D eigenvalue weighted by atomic mass is 16.1. The SMILES string of the molecule is NCC#Cc1cccnc1C(=O)Nc1ccccn1. The van der Waals surface area contributed by atoms with Crippen LogP contribution < -0.4 is 11.1 Å². The maximum atomic E-state index is 12.1. The van der Waals surface area contributed by atoms with Gasteiger partial charge in [0.1, 0.15) is 11.5 Å². The summed E-state index contributed by atoms with van der Waals surface area (Å²) in [6.07, 6.45) is 3.14. The molecule has 0 unspecified atom stereocenters. The third-order valence-corrected chi connectivity index (χ3v) is 2.25. The Bertz CT molecular complexity index is 629. The molecule has 0 aromatic carbocycles. The number of aromatic nitrogens is 2. The average molecular weight is 252 g/mol. The molecule has 0 saturated heterocycles. The molecule has 0 radical (unpaired) electrons. The molecule has 5 heteroatoms. The van der Waals surface area contributed by atoms with Crippen LogP contribution in [0.3, 0.4) is 0 Å². The lowest BCUT2D eigenvalue weighted by Crippen LogP contribution is -2.16. The number of nitrogens with zero attached hydrogens (tertiary/aromatic N) is 2. The molecule has 5 nitrogen and oxygen atoms in total. The van der Waals surface area contributed by atoms with E-state index >= 15 is 0 Å². The van der Waals surface area contributed by atoms with Crippen molar-refractivity contribution < 1.29 is 4.79 Å². The van der Waals surface area contributed by atoms with Crippen LogP contribution in [0.1, 0.15) is 16.1 Å². The zero-order valence-electron chi connectivity index (χ0n) is 10.1. The number of pyridine rings is 2. The lowest BCUT2D eigenvalue weighted by atomic mass is 10.2. The smallest absolute Gasteiger partial charge is 0.276 e. The molecule has 0 spiro atoms.